The van der Waals surface area contributed by atoms with Crippen LogP contribution < -0.4 is 10.6 Å². The Labute approximate surface area is 135 Å². The van der Waals surface area contributed by atoms with Crippen LogP contribution in [0.3, 0.4) is 0 Å². The molecule has 1 rings (SSSR count). The molecule has 0 spiro atoms. The van der Waals surface area contributed by atoms with Crippen LogP contribution in [0.1, 0.15) is 38.3 Å². The molecule has 0 fully saturated rings. The minimum absolute atomic E-state index is 0.0295. The molecule has 0 bridgehead atoms. The summed E-state index contributed by atoms with van der Waals surface area (Å²) < 4.78 is 29.9. The lowest BCUT2D eigenvalue weighted by Crippen LogP contribution is -2.32. The Hall–Kier alpha value is -1.95. The van der Waals surface area contributed by atoms with Crippen LogP contribution in [0, 0.1) is 0 Å². The SMILES string of the molecule is CC(C)(C)OC(=O)NC/C=C/CNCc1ccc(C(F)F)cc1. The van der Waals surface area contributed by atoms with Gasteiger partial charge in [-0.05, 0) is 26.3 Å². The maximum Gasteiger partial charge on any atom is 0.407 e. The summed E-state index contributed by atoms with van der Waals surface area (Å²) in [5.74, 6) is 0. The highest BCUT2D eigenvalue weighted by molar-refractivity contribution is 5.67. The molecule has 0 saturated carbocycles. The Morgan fingerprint density at radius 2 is 1.78 bits per heavy atom. The number of carbonyl (C=O) groups excluding carboxylic acids is 1. The lowest BCUT2D eigenvalue weighted by atomic mass is 10.1. The maximum atomic E-state index is 12.4. The molecule has 2 N–H and O–H groups in total. The van der Waals surface area contributed by atoms with E-state index in [4.69, 9.17) is 4.74 Å². The van der Waals surface area contributed by atoms with E-state index in [1.807, 2.05) is 12.2 Å². The highest BCUT2D eigenvalue weighted by Gasteiger charge is 2.14. The van der Waals surface area contributed by atoms with Crippen LogP contribution in [-0.2, 0) is 11.3 Å². The lowest BCUT2D eigenvalue weighted by molar-refractivity contribution is 0.0534. The normalized spacial score (nSPS) is 11.9. The molecule has 1 amide bonds. The first-order chi connectivity index (χ1) is 10.8. The second kappa shape index (κ2) is 9.25. The third-order valence-electron chi connectivity index (χ3n) is 2.75. The molecular formula is C17H24F2N2O2. The molecule has 1 aromatic carbocycles. The third kappa shape index (κ3) is 8.93. The second-order valence-electron chi connectivity index (χ2n) is 6.03. The van der Waals surface area contributed by atoms with Gasteiger partial charge in [0.25, 0.3) is 6.43 Å². The number of alkyl halides is 2. The molecule has 128 valence electrons. The molecule has 0 aliphatic heterocycles. The third-order valence-corrected chi connectivity index (χ3v) is 2.75. The Morgan fingerprint density at radius 1 is 1.17 bits per heavy atom. The van der Waals surface area contributed by atoms with Crippen molar-refractivity contribution in [3.05, 3.63) is 47.5 Å². The molecule has 1 aromatic rings. The first-order valence-electron chi connectivity index (χ1n) is 7.47. The van der Waals surface area contributed by atoms with Crippen molar-refractivity contribution < 1.29 is 18.3 Å². The zero-order chi connectivity index (χ0) is 17.3. The van der Waals surface area contributed by atoms with Crippen LogP contribution in [0.25, 0.3) is 0 Å². The number of amides is 1. The molecule has 0 unspecified atom stereocenters. The Bertz CT molecular complexity index is 508. The summed E-state index contributed by atoms with van der Waals surface area (Å²) in [5.41, 5.74) is 0.464. The summed E-state index contributed by atoms with van der Waals surface area (Å²) in [6, 6.07) is 6.23. The molecule has 4 nitrogen and oxygen atoms in total. The maximum absolute atomic E-state index is 12.4. The largest absolute Gasteiger partial charge is 0.444 e. The molecule has 0 aliphatic carbocycles. The minimum atomic E-state index is -2.43. The number of nitrogens with one attached hydrogen (secondary N) is 2. The van der Waals surface area contributed by atoms with Crippen molar-refractivity contribution in [3.63, 3.8) is 0 Å². The van der Waals surface area contributed by atoms with Gasteiger partial charge in [0.15, 0.2) is 0 Å². The van der Waals surface area contributed by atoms with Crippen molar-refractivity contribution in [3.8, 4) is 0 Å². The van der Waals surface area contributed by atoms with Gasteiger partial charge < -0.3 is 15.4 Å². The Kier molecular flexibility index (Phi) is 7.68. The molecule has 23 heavy (non-hydrogen) atoms. The van der Waals surface area contributed by atoms with Crippen LogP contribution in [0.4, 0.5) is 13.6 Å². The summed E-state index contributed by atoms with van der Waals surface area (Å²) in [4.78, 5) is 11.4. The molecule has 0 aromatic heterocycles. The topological polar surface area (TPSA) is 50.4 Å². The van der Waals surface area contributed by atoms with Gasteiger partial charge in [-0.15, -0.1) is 0 Å². The predicted octanol–water partition coefficient (Wildman–Crippen LogP) is 3.79. The van der Waals surface area contributed by atoms with Crippen molar-refractivity contribution in [1.29, 1.82) is 0 Å². The van der Waals surface area contributed by atoms with Crippen molar-refractivity contribution in [2.45, 2.75) is 39.3 Å². The number of carbonyl (C=O) groups is 1. The van der Waals surface area contributed by atoms with Gasteiger partial charge in [-0.25, -0.2) is 13.6 Å². The van der Waals surface area contributed by atoms with E-state index in [1.54, 1.807) is 32.9 Å². The van der Waals surface area contributed by atoms with Gasteiger partial charge in [-0.1, -0.05) is 36.4 Å². The molecule has 0 atom stereocenters. The van der Waals surface area contributed by atoms with E-state index in [-0.39, 0.29) is 5.56 Å². The fourth-order valence-corrected chi connectivity index (χ4v) is 1.70. The van der Waals surface area contributed by atoms with E-state index in [2.05, 4.69) is 10.6 Å². The molecular weight excluding hydrogens is 302 g/mol. The van der Waals surface area contributed by atoms with Crippen molar-refractivity contribution in [2.75, 3.05) is 13.1 Å². The quantitative estimate of drug-likeness (QED) is 0.592. The fourth-order valence-electron chi connectivity index (χ4n) is 1.70. The average molecular weight is 326 g/mol. The van der Waals surface area contributed by atoms with Crippen LogP contribution in [0.5, 0.6) is 0 Å². The number of ether oxygens (including phenoxy) is 1. The van der Waals surface area contributed by atoms with Crippen LogP contribution in [0.15, 0.2) is 36.4 Å². The summed E-state index contributed by atoms with van der Waals surface area (Å²) in [6.07, 6.45) is 0.813. The summed E-state index contributed by atoms with van der Waals surface area (Å²) in [6.45, 7) is 7.01. The van der Waals surface area contributed by atoms with Crippen molar-refractivity contribution in [1.82, 2.24) is 10.6 Å². The number of hydrogen-bond donors (Lipinski definition) is 2. The summed E-state index contributed by atoms with van der Waals surface area (Å²) in [5, 5.41) is 5.78. The summed E-state index contributed by atoms with van der Waals surface area (Å²) in [7, 11) is 0. The molecule has 0 heterocycles. The number of halogens is 2. The van der Waals surface area contributed by atoms with E-state index < -0.39 is 18.1 Å². The minimum Gasteiger partial charge on any atom is -0.444 e. The highest BCUT2D eigenvalue weighted by Crippen LogP contribution is 2.18. The average Bonchev–Trinajstić information content (AvgIpc) is 2.45. The van der Waals surface area contributed by atoms with E-state index in [9.17, 15) is 13.6 Å². The highest BCUT2D eigenvalue weighted by atomic mass is 19.3. The van der Waals surface area contributed by atoms with Gasteiger partial charge in [-0.3, -0.25) is 0 Å². The number of hydrogen-bond acceptors (Lipinski definition) is 3. The van der Waals surface area contributed by atoms with Crippen LogP contribution in [0.2, 0.25) is 0 Å². The molecule has 0 radical (unpaired) electrons. The lowest BCUT2D eigenvalue weighted by Gasteiger charge is -2.19. The monoisotopic (exact) mass is 326 g/mol. The van der Waals surface area contributed by atoms with Gasteiger partial charge in [0.1, 0.15) is 5.60 Å². The standard InChI is InChI=1S/C17H24F2N2O2/c1-17(2,3)23-16(22)21-11-5-4-10-20-12-13-6-8-14(9-7-13)15(18)19/h4-9,15,20H,10-12H2,1-3H3,(H,21,22)/b5-4+. The number of rotatable bonds is 7. The van der Waals surface area contributed by atoms with Gasteiger partial charge in [-0.2, -0.15) is 0 Å². The van der Waals surface area contributed by atoms with E-state index in [0.29, 0.717) is 19.6 Å². The second-order valence-corrected chi connectivity index (χ2v) is 6.03. The predicted molar refractivity (Wildman–Crippen MR) is 86.5 cm³/mol. The Balaban J connectivity index is 2.16. The van der Waals surface area contributed by atoms with E-state index in [1.165, 1.54) is 12.1 Å². The first-order valence-corrected chi connectivity index (χ1v) is 7.47. The van der Waals surface area contributed by atoms with Gasteiger partial charge in [0.05, 0.1) is 0 Å². The molecule has 0 saturated heterocycles. The van der Waals surface area contributed by atoms with Crippen LogP contribution >= 0.6 is 0 Å². The smallest absolute Gasteiger partial charge is 0.407 e. The van der Waals surface area contributed by atoms with E-state index >= 15 is 0 Å². The number of benzene rings is 1. The van der Waals surface area contributed by atoms with E-state index in [0.717, 1.165) is 5.56 Å². The molecule has 6 heteroatoms. The first kappa shape index (κ1) is 19.1. The van der Waals surface area contributed by atoms with Gasteiger partial charge >= 0.3 is 6.09 Å². The molecule has 0 aliphatic rings. The fraction of sp³-hybridized carbons (Fsp3) is 0.471. The van der Waals surface area contributed by atoms with Crippen LogP contribution in [-0.4, -0.2) is 24.8 Å². The van der Waals surface area contributed by atoms with Gasteiger partial charge in [0.2, 0.25) is 0 Å². The van der Waals surface area contributed by atoms with Crippen molar-refractivity contribution in [2.24, 2.45) is 0 Å². The summed E-state index contributed by atoms with van der Waals surface area (Å²) >= 11 is 0. The number of alkyl carbamates (subject to hydrolysis) is 1. The zero-order valence-corrected chi connectivity index (χ0v) is 13.7. The van der Waals surface area contributed by atoms with Crippen molar-refractivity contribution >= 4 is 6.09 Å². The van der Waals surface area contributed by atoms with Gasteiger partial charge in [0, 0.05) is 25.2 Å². The Morgan fingerprint density at radius 3 is 2.35 bits per heavy atom. The zero-order valence-electron chi connectivity index (χ0n) is 13.7.